The molecule has 0 fully saturated rings. The molecular weight excluding hydrogens is 246 g/mol. The van der Waals surface area contributed by atoms with E-state index >= 15 is 0 Å². The van der Waals surface area contributed by atoms with Crippen LogP contribution in [0.4, 0.5) is 0 Å². The average molecular weight is 267 g/mol. The zero-order chi connectivity index (χ0) is 14.1. The molecule has 0 radical (unpaired) electrons. The first kappa shape index (κ1) is 15.3. The summed E-state index contributed by atoms with van der Waals surface area (Å²) in [5.41, 5.74) is 0.385. The van der Waals surface area contributed by atoms with Crippen molar-refractivity contribution in [3.63, 3.8) is 0 Å². The number of carbonyl (C=O) groups excluding carboxylic acids is 1. The van der Waals surface area contributed by atoms with Crippen molar-refractivity contribution in [2.24, 2.45) is 0 Å². The van der Waals surface area contributed by atoms with Gasteiger partial charge < -0.3 is 19.5 Å². The van der Waals surface area contributed by atoms with E-state index in [9.17, 15) is 4.79 Å². The van der Waals surface area contributed by atoms with Crippen LogP contribution in [0.3, 0.4) is 0 Å². The zero-order valence-electron chi connectivity index (χ0n) is 11.7. The third-order valence-corrected chi connectivity index (χ3v) is 2.67. The zero-order valence-corrected chi connectivity index (χ0v) is 11.7. The Morgan fingerprint density at radius 3 is 2.68 bits per heavy atom. The highest BCUT2D eigenvalue weighted by atomic mass is 16.5. The van der Waals surface area contributed by atoms with Gasteiger partial charge in [0.2, 0.25) is 0 Å². The quantitative estimate of drug-likeness (QED) is 0.575. The van der Waals surface area contributed by atoms with E-state index in [1.807, 2.05) is 7.05 Å². The summed E-state index contributed by atoms with van der Waals surface area (Å²) in [5, 5.41) is 3.07. The molecule has 0 bridgehead atoms. The topological polar surface area (TPSA) is 56.8 Å². The van der Waals surface area contributed by atoms with Crippen LogP contribution in [0.2, 0.25) is 0 Å². The van der Waals surface area contributed by atoms with E-state index in [1.54, 1.807) is 25.3 Å². The highest BCUT2D eigenvalue weighted by Gasteiger charge is 2.14. The summed E-state index contributed by atoms with van der Waals surface area (Å²) in [4.78, 5) is 11.7. The smallest absolute Gasteiger partial charge is 0.341 e. The first-order valence-corrected chi connectivity index (χ1v) is 6.26. The molecule has 0 amide bonds. The van der Waals surface area contributed by atoms with E-state index in [0.29, 0.717) is 23.7 Å². The number of methoxy groups -OCH3 is 2. The maximum absolute atomic E-state index is 11.7. The van der Waals surface area contributed by atoms with Gasteiger partial charge in [0, 0.05) is 0 Å². The molecule has 19 heavy (non-hydrogen) atoms. The number of rotatable bonds is 8. The van der Waals surface area contributed by atoms with Gasteiger partial charge >= 0.3 is 5.97 Å². The van der Waals surface area contributed by atoms with Crippen molar-refractivity contribution in [3.8, 4) is 11.5 Å². The van der Waals surface area contributed by atoms with Crippen LogP contribution in [-0.4, -0.2) is 40.4 Å². The number of unbranched alkanes of at least 4 members (excludes halogenated alkanes) is 1. The van der Waals surface area contributed by atoms with Crippen LogP contribution in [0, 0.1) is 0 Å². The van der Waals surface area contributed by atoms with Gasteiger partial charge in [-0.15, -0.1) is 0 Å². The van der Waals surface area contributed by atoms with Gasteiger partial charge in [-0.3, -0.25) is 0 Å². The molecule has 106 valence electrons. The summed E-state index contributed by atoms with van der Waals surface area (Å²) < 4.78 is 15.4. The Bertz CT molecular complexity index is 406. The number of hydrogen-bond donors (Lipinski definition) is 1. The summed E-state index contributed by atoms with van der Waals surface area (Å²) in [7, 11) is 4.81. The SMILES string of the molecule is CNCCCCOc1ccc(OC)cc1C(=O)OC. The molecule has 0 unspecified atom stereocenters. The lowest BCUT2D eigenvalue weighted by Crippen LogP contribution is -2.10. The maximum atomic E-state index is 11.7. The first-order valence-electron chi connectivity index (χ1n) is 6.26. The second-order valence-electron chi connectivity index (χ2n) is 4.01. The third-order valence-electron chi connectivity index (χ3n) is 2.67. The Kier molecular flexibility index (Phi) is 6.74. The highest BCUT2D eigenvalue weighted by molar-refractivity contribution is 5.92. The second-order valence-corrected chi connectivity index (χ2v) is 4.01. The molecule has 0 aromatic heterocycles. The average Bonchev–Trinajstić information content (AvgIpc) is 2.46. The normalized spacial score (nSPS) is 10.1. The summed E-state index contributed by atoms with van der Waals surface area (Å²) in [6, 6.07) is 5.10. The Morgan fingerprint density at radius 2 is 2.05 bits per heavy atom. The Hall–Kier alpha value is -1.75. The van der Waals surface area contributed by atoms with Gasteiger partial charge in [-0.2, -0.15) is 0 Å². The molecule has 1 rings (SSSR count). The summed E-state index contributed by atoms with van der Waals surface area (Å²) in [6.07, 6.45) is 1.95. The standard InChI is InChI=1S/C14H21NO4/c1-15-8-4-5-9-19-13-7-6-11(17-2)10-12(13)14(16)18-3/h6-7,10,15H,4-5,8-9H2,1-3H3. The molecule has 0 saturated heterocycles. The molecule has 0 atom stereocenters. The summed E-state index contributed by atoms with van der Waals surface area (Å²) in [5.74, 6) is 0.698. The fraction of sp³-hybridized carbons (Fsp3) is 0.500. The van der Waals surface area contributed by atoms with Crippen molar-refractivity contribution in [1.29, 1.82) is 0 Å². The number of esters is 1. The molecule has 0 aliphatic carbocycles. The minimum absolute atomic E-state index is 0.385. The van der Waals surface area contributed by atoms with Crippen LogP contribution in [0.5, 0.6) is 11.5 Å². The van der Waals surface area contributed by atoms with Gasteiger partial charge in [0.15, 0.2) is 0 Å². The van der Waals surface area contributed by atoms with Crippen molar-refractivity contribution in [2.75, 3.05) is 34.4 Å². The minimum Gasteiger partial charge on any atom is -0.497 e. The summed E-state index contributed by atoms with van der Waals surface area (Å²) >= 11 is 0. The number of nitrogens with one attached hydrogen (secondary N) is 1. The molecule has 0 aliphatic rings. The van der Waals surface area contributed by atoms with Crippen molar-refractivity contribution >= 4 is 5.97 Å². The lowest BCUT2D eigenvalue weighted by molar-refractivity contribution is 0.0595. The predicted molar refractivity (Wildman–Crippen MR) is 73.0 cm³/mol. The van der Waals surface area contributed by atoms with Crippen LogP contribution in [0.15, 0.2) is 18.2 Å². The fourth-order valence-electron chi connectivity index (χ4n) is 1.62. The predicted octanol–water partition coefficient (Wildman–Crippen LogP) is 1.86. The van der Waals surface area contributed by atoms with Gasteiger partial charge in [-0.05, 0) is 44.6 Å². The molecule has 0 aliphatic heterocycles. The molecular formula is C14H21NO4. The van der Waals surface area contributed by atoms with Crippen molar-refractivity contribution in [3.05, 3.63) is 23.8 Å². The number of benzene rings is 1. The van der Waals surface area contributed by atoms with Gasteiger partial charge in [-0.25, -0.2) is 4.79 Å². The molecule has 0 heterocycles. The highest BCUT2D eigenvalue weighted by Crippen LogP contribution is 2.25. The Labute approximate surface area is 113 Å². The van der Waals surface area contributed by atoms with E-state index in [2.05, 4.69) is 5.32 Å². The van der Waals surface area contributed by atoms with Gasteiger partial charge in [0.05, 0.1) is 20.8 Å². The maximum Gasteiger partial charge on any atom is 0.341 e. The van der Waals surface area contributed by atoms with E-state index < -0.39 is 5.97 Å². The lowest BCUT2D eigenvalue weighted by atomic mass is 10.2. The Balaban J connectivity index is 2.67. The van der Waals surface area contributed by atoms with E-state index in [4.69, 9.17) is 14.2 Å². The van der Waals surface area contributed by atoms with Crippen molar-refractivity contribution < 1.29 is 19.0 Å². The number of ether oxygens (including phenoxy) is 3. The van der Waals surface area contributed by atoms with Crippen LogP contribution in [-0.2, 0) is 4.74 Å². The Morgan fingerprint density at radius 1 is 1.26 bits per heavy atom. The van der Waals surface area contributed by atoms with Crippen molar-refractivity contribution in [1.82, 2.24) is 5.32 Å². The number of hydrogen-bond acceptors (Lipinski definition) is 5. The van der Waals surface area contributed by atoms with Gasteiger partial charge in [0.25, 0.3) is 0 Å². The fourth-order valence-corrected chi connectivity index (χ4v) is 1.62. The third kappa shape index (κ3) is 4.79. The van der Waals surface area contributed by atoms with Crippen molar-refractivity contribution in [2.45, 2.75) is 12.8 Å². The van der Waals surface area contributed by atoms with Crippen LogP contribution in [0.1, 0.15) is 23.2 Å². The minimum atomic E-state index is -0.427. The van der Waals surface area contributed by atoms with Gasteiger partial charge in [0.1, 0.15) is 17.1 Å². The lowest BCUT2D eigenvalue weighted by Gasteiger charge is -2.11. The monoisotopic (exact) mass is 267 g/mol. The van der Waals surface area contributed by atoms with E-state index in [1.165, 1.54) is 7.11 Å². The first-order chi connectivity index (χ1) is 9.22. The van der Waals surface area contributed by atoms with Crippen LogP contribution >= 0.6 is 0 Å². The molecule has 1 aromatic carbocycles. The molecule has 0 saturated carbocycles. The summed E-state index contributed by atoms with van der Waals surface area (Å²) in [6.45, 7) is 1.52. The molecule has 5 nitrogen and oxygen atoms in total. The van der Waals surface area contributed by atoms with E-state index in [-0.39, 0.29) is 0 Å². The van der Waals surface area contributed by atoms with Crippen LogP contribution < -0.4 is 14.8 Å². The van der Waals surface area contributed by atoms with Crippen LogP contribution in [0.25, 0.3) is 0 Å². The van der Waals surface area contributed by atoms with E-state index in [0.717, 1.165) is 19.4 Å². The molecule has 5 heteroatoms. The van der Waals surface area contributed by atoms with Gasteiger partial charge in [-0.1, -0.05) is 0 Å². The number of carbonyl (C=O) groups is 1. The molecule has 1 aromatic rings. The molecule has 0 spiro atoms. The second kappa shape index (κ2) is 8.37. The largest absolute Gasteiger partial charge is 0.497 e. The molecule has 1 N–H and O–H groups in total.